The first-order valence-electron chi connectivity index (χ1n) is 9.44. The van der Waals surface area contributed by atoms with Gasteiger partial charge < -0.3 is 10.0 Å². The first kappa shape index (κ1) is 24.1. The normalized spacial score (nSPS) is 16.3. The van der Waals surface area contributed by atoms with Crippen LogP contribution in [0.25, 0.3) is 0 Å². The van der Waals surface area contributed by atoms with Crippen molar-refractivity contribution in [1.29, 1.82) is 0 Å². The maximum Gasteiger partial charge on any atom is 0.490 e. The van der Waals surface area contributed by atoms with Gasteiger partial charge in [-0.2, -0.15) is 18.2 Å². The van der Waals surface area contributed by atoms with Gasteiger partial charge in [0, 0.05) is 20.1 Å². The number of halogens is 4. The molecule has 0 radical (unpaired) electrons. The molecule has 1 aliphatic rings. The van der Waals surface area contributed by atoms with Crippen LogP contribution in [0.3, 0.4) is 0 Å². The third-order valence-corrected chi connectivity index (χ3v) is 4.69. The van der Waals surface area contributed by atoms with E-state index in [0.29, 0.717) is 18.4 Å². The van der Waals surface area contributed by atoms with Crippen molar-refractivity contribution in [3.05, 3.63) is 41.5 Å². The van der Waals surface area contributed by atoms with Crippen LogP contribution in [0.4, 0.5) is 28.3 Å². The SMILES string of the molecule is Cc1nc(NC(=O)N2CCCC(Cc3ccc(F)cc3)C2)nn1C.O=C(O)C(F)(F)F. The van der Waals surface area contributed by atoms with Crippen LogP contribution in [0.2, 0.25) is 0 Å². The maximum absolute atomic E-state index is 13.0. The van der Waals surface area contributed by atoms with Crippen LogP contribution in [0.15, 0.2) is 24.3 Å². The number of aromatic nitrogens is 3. The number of carboxylic acid groups (broad SMARTS) is 1. The number of carbonyl (C=O) groups is 2. The summed E-state index contributed by atoms with van der Waals surface area (Å²) >= 11 is 0. The molecule has 8 nitrogen and oxygen atoms in total. The van der Waals surface area contributed by atoms with Crippen LogP contribution in [-0.2, 0) is 18.3 Å². The van der Waals surface area contributed by atoms with E-state index in [1.807, 2.05) is 24.0 Å². The highest BCUT2D eigenvalue weighted by molar-refractivity contribution is 5.87. The lowest BCUT2D eigenvalue weighted by Gasteiger charge is -2.32. The number of rotatable bonds is 3. The van der Waals surface area contributed by atoms with Crippen molar-refractivity contribution in [3.8, 4) is 0 Å². The molecule has 0 saturated carbocycles. The van der Waals surface area contributed by atoms with Crippen LogP contribution in [0, 0.1) is 18.7 Å². The number of aryl methyl sites for hydroxylation is 2. The standard InChI is InChI=1S/C17H22FN5O.C2HF3O2/c1-12-19-16(21-22(12)2)20-17(24)23-9-3-4-14(11-23)10-13-5-7-15(18)8-6-13;3-2(4,5)1(6)7/h5-8,14H,3-4,9-11H2,1-2H3,(H,20,21,24);(H,6,7). The highest BCUT2D eigenvalue weighted by Gasteiger charge is 2.38. The Morgan fingerprint density at radius 1 is 1.26 bits per heavy atom. The van der Waals surface area contributed by atoms with Crippen LogP contribution in [0.1, 0.15) is 24.2 Å². The molecule has 12 heteroatoms. The van der Waals surface area contributed by atoms with Crippen molar-refractivity contribution >= 4 is 17.9 Å². The van der Waals surface area contributed by atoms with Crippen molar-refractivity contribution in [3.63, 3.8) is 0 Å². The third kappa shape index (κ3) is 7.54. The average molecular weight is 445 g/mol. The van der Waals surface area contributed by atoms with E-state index in [1.54, 1.807) is 11.7 Å². The van der Waals surface area contributed by atoms with E-state index in [4.69, 9.17) is 9.90 Å². The Hall–Kier alpha value is -3.18. The largest absolute Gasteiger partial charge is 0.490 e. The Labute approximate surface area is 175 Å². The zero-order valence-corrected chi connectivity index (χ0v) is 17.0. The second-order valence-corrected chi connectivity index (χ2v) is 7.12. The number of benzene rings is 1. The van der Waals surface area contributed by atoms with Gasteiger partial charge in [-0.25, -0.2) is 14.0 Å². The van der Waals surface area contributed by atoms with E-state index >= 15 is 0 Å². The number of nitrogens with one attached hydrogen (secondary N) is 1. The molecule has 170 valence electrons. The van der Waals surface area contributed by atoms with Gasteiger partial charge in [0.15, 0.2) is 0 Å². The molecule has 1 saturated heterocycles. The molecule has 2 heterocycles. The molecule has 0 bridgehead atoms. The molecule has 0 aliphatic carbocycles. The van der Waals surface area contributed by atoms with Crippen LogP contribution >= 0.6 is 0 Å². The lowest BCUT2D eigenvalue weighted by molar-refractivity contribution is -0.192. The quantitative estimate of drug-likeness (QED) is 0.706. The minimum absolute atomic E-state index is 0.163. The summed E-state index contributed by atoms with van der Waals surface area (Å²) in [6.07, 6.45) is -2.19. The zero-order chi connectivity index (χ0) is 23.2. The van der Waals surface area contributed by atoms with Crippen molar-refractivity contribution in [2.75, 3.05) is 18.4 Å². The number of aliphatic carboxylic acids is 1. The van der Waals surface area contributed by atoms with Gasteiger partial charge in [-0.15, -0.1) is 5.10 Å². The van der Waals surface area contributed by atoms with Gasteiger partial charge in [-0.05, 0) is 49.8 Å². The van der Waals surface area contributed by atoms with Gasteiger partial charge in [-0.3, -0.25) is 10.00 Å². The molecule has 1 fully saturated rings. The molecule has 3 rings (SSSR count). The van der Waals surface area contributed by atoms with Crippen LogP contribution in [-0.4, -0.2) is 56.0 Å². The summed E-state index contributed by atoms with van der Waals surface area (Å²) in [7, 11) is 1.79. The smallest absolute Gasteiger partial charge is 0.475 e. The second-order valence-electron chi connectivity index (χ2n) is 7.12. The van der Waals surface area contributed by atoms with E-state index in [1.165, 1.54) is 12.1 Å². The Kier molecular flexibility index (Phi) is 7.95. The minimum atomic E-state index is -5.08. The molecule has 2 aromatic rings. The summed E-state index contributed by atoms with van der Waals surface area (Å²) < 4.78 is 46.4. The fraction of sp³-hybridized carbons (Fsp3) is 0.474. The zero-order valence-electron chi connectivity index (χ0n) is 17.0. The van der Waals surface area contributed by atoms with E-state index in [2.05, 4.69) is 15.4 Å². The predicted octanol–water partition coefficient (Wildman–Crippen LogP) is 3.38. The molecule has 2 amide bonds. The van der Waals surface area contributed by atoms with Crippen molar-refractivity contribution in [2.24, 2.45) is 13.0 Å². The number of likely N-dealkylation sites (tertiary alicyclic amines) is 1. The van der Waals surface area contributed by atoms with Gasteiger partial charge in [-0.1, -0.05) is 12.1 Å². The molecule has 1 unspecified atom stereocenters. The van der Waals surface area contributed by atoms with Gasteiger partial charge in [0.1, 0.15) is 11.6 Å². The van der Waals surface area contributed by atoms with Gasteiger partial charge in [0.05, 0.1) is 0 Å². The lowest BCUT2D eigenvalue weighted by atomic mass is 9.91. The number of hydrogen-bond donors (Lipinski definition) is 2. The summed E-state index contributed by atoms with van der Waals surface area (Å²) in [5.74, 6) is -1.51. The van der Waals surface area contributed by atoms with Crippen LogP contribution < -0.4 is 5.32 Å². The molecule has 1 aliphatic heterocycles. The number of carbonyl (C=O) groups excluding carboxylic acids is 1. The predicted molar refractivity (Wildman–Crippen MR) is 103 cm³/mol. The maximum atomic E-state index is 13.0. The van der Waals surface area contributed by atoms with Crippen molar-refractivity contribution in [2.45, 2.75) is 32.4 Å². The summed E-state index contributed by atoms with van der Waals surface area (Å²) in [6.45, 7) is 3.26. The Morgan fingerprint density at radius 3 is 2.39 bits per heavy atom. The summed E-state index contributed by atoms with van der Waals surface area (Å²) in [5, 5.41) is 14.0. The number of carboxylic acids is 1. The number of urea groups is 1. The monoisotopic (exact) mass is 445 g/mol. The molecule has 1 aromatic heterocycles. The highest BCUT2D eigenvalue weighted by atomic mass is 19.4. The summed E-state index contributed by atoms with van der Waals surface area (Å²) in [4.78, 5) is 27.3. The first-order valence-corrected chi connectivity index (χ1v) is 9.44. The molecule has 2 N–H and O–H groups in total. The van der Waals surface area contributed by atoms with Gasteiger partial charge >= 0.3 is 18.2 Å². The summed E-state index contributed by atoms with van der Waals surface area (Å²) in [5.41, 5.74) is 1.10. The lowest BCUT2D eigenvalue weighted by Crippen LogP contribution is -2.43. The van der Waals surface area contributed by atoms with E-state index < -0.39 is 12.1 Å². The number of amides is 2. The highest BCUT2D eigenvalue weighted by Crippen LogP contribution is 2.21. The molecular formula is C19H23F4N5O3. The number of nitrogens with zero attached hydrogens (tertiary/aromatic N) is 4. The topological polar surface area (TPSA) is 100 Å². The fourth-order valence-corrected chi connectivity index (χ4v) is 3.06. The average Bonchev–Trinajstić information content (AvgIpc) is 3.00. The Morgan fingerprint density at radius 2 is 1.87 bits per heavy atom. The molecular weight excluding hydrogens is 422 g/mol. The van der Waals surface area contributed by atoms with Gasteiger partial charge in [0.2, 0.25) is 5.95 Å². The number of alkyl halides is 3. The van der Waals surface area contributed by atoms with Crippen LogP contribution in [0.5, 0.6) is 0 Å². The number of piperidine rings is 1. The van der Waals surface area contributed by atoms with E-state index in [9.17, 15) is 22.4 Å². The molecule has 1 atom stereocenters. The fourth-order valence-electron chi connectivity index (χ4n) is 3.06. The van der Waals surface area contributed by atoms with Crippen molar-refractivity contribution in [1.82, 2.24) is 19.7 Å². The molecule has 1 aromatic carbocycles. The molecule has 31 heavy (non-hydrogen) atoms. The molecule has 0 spiro atoms. The van der Waals surface area contributed by atoms with E-state index in [-0.39, 0.29) is 11.8 Å². The summed E-state index contributed by atoms with van der Waals surface area (Å²) in [6, 6.07) is 6.43. The Bertz CT molecular complexity index is 879. The number of anilines is 1. The van der Waals surface area contributed by atoms with Crippen molar-refractivity contribution < 1.29 is 32.3 Å². The first-order chi connectivity index (χ1) is 14.5. The van der Waals surface area contributed by atoms with Gasteiger partial charge in [0.25, 0.3) is 0 Å². The second kappa shape index (κ2) is 10.2. The van der Waals surface area contributed by atoms with E-state index in [0.717, 1.165) is 37.2 Å². The Balaban J connectivity index is 0.000000423. The number of hydrogen-bond acceptors (Lipinski definition) is 4. The minimum Gasteiger partial charge on any atom is -0.475 e. The third-order valence-electron chi connectivity index (χ3n) is 4.69.